The number of hydrogen-bond acceptors (Lipinski definition) is 3. The largest absolute Gasteiger partial charge is 0.340 e. The summed E-state index contributed by atoms with van der Waals surface area (Å²) in [5, 5.41) is 2.96. The van der Waals surface area contributed by atoms with Gasteiger partial charge in [0.25, 0.3) is 0 Å². The predicted octanol–water partition coefficient (Wildman–Crippen LogP) is 2.33. The summed E-state index contributed by atoms with van der Waals surface area (Å²) in [5.41, 5.74) is 2.13. The van der Waals surface area contributed by atoms with Gasteiger partial charge in [0.15, 0.2) is 0 Å². The van der Waals surface area contributed by atoms with E-state index in [2.05, 4.69) is 50.2 Å². The number of benzene rings is 1. The standard InChI is InChI=1S/C20H29N3O2/c1-20(2,3)14-5-7-15(8-6-14)21-18(24)16-13-17(16)19(25)23-11-9-22(4)10-12-23/h5-8,16-17H,9-13H2,1-4H3,(H,21,24). The summed E-state index contributed by atoms with van der Waals surface area (Å²) in [5.74, 6) is -0.181. The van der Waals surface area contributed by atoms with Gasteiger partial charge in [-0.05, 0) is 36.6 Å². The molecule has 1 aliphatic carbocycles. The second-order valence-electron chi connectivity index (χ2n) is 8.39. The van der Waals surface area contributed by atoms with E-state index in [0.29, 0.717) is 6.42 Å². The molecule has 3 rings (SSSR count). The number of carbonyl (C=O) groups excluding carboxylic acids is 2. The molecule has 2 aliphatic rings. The van der Waals surface area contributed by atoms with E-state index in [1.165, 1.54) is 5.56 Å². The minimum absolute atomic E-state index is 0.0315. The van der Waals surface area contributed by atoms with Gasteiger partial charge in [-0.1, -0.05) is 32.9 Å². The summed E-state index contributed by atoms with van der Waals surface area (Å²) in [6.07, 6.45) is 0.678. The number of carbonyl (C=O) groups is 2. The Morgan fingerprint density at radius 1 is 1.00 bits per heavy atom. The lowest BCUT2D eigenvalue weighted by Crippen LogP contribution is -2.48. The Morgan fingerprint density at radius 2 is 1.60 bits per heavy atom. The number of nitrogens with one attached hydrogen (secondary N) is 1. The van der Waals surface area contributed by atoms with Crippen molar-refractivity contribution in [2.24, 2.45) is 11.8 Å². The minimum atomic E-state index is -0.172. The molecule has 1 N–H and O–H groups in total. The van der Waals surface area contributed by atoms with Crippen LogP contribution in [-0.4, -0.2) is 54.8 Å². The average molecular weight is 343 g/mol. The molecule has 1 aromatic rings. The molecule has 0 spiro atoms. The van der Waals surface area contributed by atoms with Crippen molar-refractivity contribution in [2.75, 3.05) is 38.5 Å². The molecule has 5 heteroatoms. The van der Waals surface area contributed by atoms with E-state index in [-0.39, 0.29) is 29.1 Å². The van der Waals surface area contributed by atoms with Gasteiger partial charge in [0.2, 0.25) is 11.8 Å². The predicted molar refractivity (Wildman–Crippen MR) is 99.4 cm³/mol. The van der Waals surface area contributed by atoms with E-state index in [1.807, 2.05) is 17.0 Å². The van der Waals surface area contributed by atoms with Gasteiger partial charge in [0.1, 0.15) is 0 Å². The lowest BCUT2D eigenvalue weighted by molar-refractivity contribution is -0.135. The Kier molecular flexibility index (Phi) is 4.87. The fraction of sp³-hybridized carbons (Fsp3) is 0.600. The van der Waals surface area contributed by atoms with Gasteiger partial charge in [-0.25, -0.2) is 0 Å². The lowest BCUT2D eigenvalue weighted by Gasteiger charge is -2.32. The molecule has 0 aromatic heterocycles. The maximum Gasteiger partial charge on any atom is 0.228 e. The monoisotopic (exact) mass is 343 g/mol. The van der Waals surface area contributed by atoms with Crippen LogP contribution in [0.15, 0.2) is 24.3 Å². The summed E-state index contributed by atoms with van der Waals surface area (Å²) < 4.78 is 0. The molecular weight excluding hydrogens is 314 g/mol. The maximum absolute atomic E-state index is 12.5. The van der Waals surface area contributed by atoms with Crippen LogP contribution in [0.2, 0.25) is 0 Å². The number of nitrogens with zero attached hydrogens (tertiary/aromatic N) is 2. The second-order valence-corrected chi connectivity index (χ2v) is 8.39. The molecule has 1 aliphatic heterocycles. The van der Waals surface area contributed by atoms with Crippen LogP contribution in [-0.2, 0) is 15.0 Å². The highest BCUT2D eigenvalue weighted by Crippen LogP contribution is 2.41. The maximum atomic E-state index is 12.5. The molecule has 25 heavy (non-hydrogen) atoms. The number of rotatable bonds is 3. The molecule has 2 unspecified atom stereocenters. The zero-order valence-corrected chi connectivity index (χ0v) is 15.7. The van der Waals surface area contributed by atoms with E-state index in [1.54, 1.807) is 0 Å². The van der Waals surface area contributed by atoms with Crippen LogP contribution < -0.4 is 5.32 Å². The molecule has 2 amide bonds. The third kappa shape index (κ3) is 4.21. The average Bonchev–Trinajstić information content (AvgIpc) is 3.35. The first kappa shape index (κ1) is 17.9. The Hall–Kier alpha value is -1.88. The third-order valence-corrected chi connectivity index (χ3v) is 5.28. The van der Waals surface area contributed by atoms with Crippen molar-refractivity contribution in [3.63, 3.8) is 0 Å². The summed E-state index contributed by atoms with van der Waals surface area (Å²) in [6, 6.07) is 7.99. The first-order valence-corrected chi connectivity index (χ1v) is 9.14. The number of hydrogen-bond donors (Lipinski definition) is 1. The highest BCUT2D eigenvalue weighted by molar-refractivity contribution is 5.99. The second kappa shape index (κ2) is 6.79. The number of piperazine rings is 1. The molecule has 2 fully saturated rings. The first-order valence-electron chi connectivity index (χ1n) is 9.14. The molecule has 5 nitrogen and oxygen atoms in total. The molecular formula is C20H29N3O2. The van der Waals surface area contributed by atoms with E-state index in [0.717, 1.165) is 31.9 Å². The van der Waals surface area contributed by atoms with Gasteiger partial charge in [-0.3, -0.25) is 9.59 Å². The van der Waals surface area contributed by atoms with Crippen molar-refractivity contribution in [1.82, 2.24) is 9.80 Å². The van der Waals surface area contributed by atoms with Gasteiger partial charge in [0.05, 0.1) is 11.8 Å². The highest BCUT2D eigenvalue weighted by Gasteiger charge is 2.49. The zero-order chi connectivity index (χ0) is 18.2. The van der Waals surface area contributed by atoms with Crippen molar-refractivity contribution in [3.05, 3.63) is 29.8 Å². The van der Waals surface area contributed by atoms with Crippen molar-refractivity contribution >= 4 is 17.5 Å². The van der Waals surface area contributed by atoms with Crippen LogP contribution >= 0.6 is 0 Å². The Labute approximate surface area is 150 Å². The molecule has 136 valence electrons. The molecule has 1 saturated carbocycles. The van der Waals surface area contributed by atoms with E-state index < -0.39 is 0 Å². The van der Waals surface area contributed by atoms with Crippen LogP contribution in [0.1, 0.15) is 32.8 Å². The molecule has 2 atom stereocenters. The van der Waals surface area contributed by atoms with Gasteiger partial charge >= 0.3 is 0 Å². The van der Waals surface area contributed by atoms with Crippen molar-refractivity contribution in [2.45, 2.75) is 32.6 Å². The van der Waals surface area contributed by atoms with Crippen LogP contribution in [0.3, 0.4) is 0 Å². The molecule has 0 bridgehead atoms. The van der Waals surface area contributed by atoms with Crippen LogP contribution in [0.5, 0.6) is 0 Å². The summed E-state index contributed by atoms with van der Waals surface area (Å²) >= 11 is 0. The smallest absolute Gasteiger partial charge is 0.228 e. The van der Waals surface area contributed by atoms with Gasteiger partial charge < -0.3 is 15.1 Å². The van der Waals surface area contributed by atoms with E-state index in [9.17, 15) is 9.59 Å². The Bertz CT molecular complexity index is 640. The number of anilines is 1. The van der Waals surface area contributed by atoms with Gasteiger partial charge in [-0.2, -0.15) is 0 Å². The fourth-order valence-electron chi connectivity index (χ4n) is 3.31. The number of amides is 2. The lowest BCUT2D eigenvalue weighted by atomic mass is 9.87. The van der Waals surface area contributed by atoms with E-state index >= 15 is 0 Å². The van der Waals surface area contributed by atoms with Crippen LogP contribution in [0.4, 0.5) is 5.69 Å². The molecule has 1 aromatic carbocycles. The summed E-state index contributed by atoms with van der Waals surface area (Å²) in [6.45, 7) is 9.87. The van der Waals surface area contributed by atoms with Gasteiger partial charge in [-0.15, -0.1) is 0 Å². The molecule has 0 radical (unpaired) electrons. The quantitative estimate of drug-likeness (QED) is 0.916. The molecule has 1 saturated heterocycles. The summed E-state index contributed by atoms with van der Waals surface area (Å²) in [4.78, 5) is 29.1. The van der Waals surface area contributed by atoms with Crippen molar-refractivity contribution in [3.8, 4) is 0 Å². The van der Waals surface area contributed by atoms with Crippen molar-refractivity contribution in [1.29, 1.82) is 0 Å². The third-order valence-electron chi connectivity index (χ3n) is 5.28. The fourth-order valence-corrected chi connectivity index (χ4v) is 3.31. The summed E-state index contributed by atoms with van der Waals surface area (Å²) in [7, 11) is 2.07. The SMILES string of the molecule is CN1CCN(C(=O)C2CC2C(=O)Nc2ccc(C(C)(C)C)cc2)CC1. The van der Waals surface area contributed by atoms with E-state index in [4.69, 9.17) is 0 Å². The highest BCUT2D eigenvalue weighted by atomic mass is 16.2. The molecule has 1 heterocycles. The first-order chi connectivity index (χ1) is 11.8. The zero-order valence-electron chi connectivity index (χ0n) is 15.7. The minimum Gasteiger partial charge on any atom is -0.340 e. The van der Waals surface area contributed by atoms with Crippen molar-refractivity contribution < 1.29 is 9.59 Å². The topological polar surface area (TPSA) is 52.7 Å². The Balaban J connectivity index is 1.52. The van der Waals surface area contributed by atoms with Crippen LogP contribution in [0.25, 0.3) is 0 Å². The Morgan fingerprint density at radius 3 is 2.16 bits per heavy atom. The number of likely N-dealkylation sites (N-methyl/N-ethyl adjacent to an activating group) is 1. The van der Waals surface area contributed by atoms with Crippen LogP contribution in [0, 0.1) is 11.8 Å². The normalized spacial score (nSPS) is 24.1. The van der Waals surface area contributed by atoms with Gasteiger partial charge in [0, 0.05) is 31.9 Å².